The van der Waals surface area contributed by atoms with E-state index in [4.69, 9.17) is 9.72 Å². The van der Waals surface area contributed by atoms with Crippen LogP contribution in [0.4, 0.5) is 0 Å². The summed E-state index contributed by atoms with van der Waals surface area (Å²) in [5, 5.41) is 12.8. The minimum absolute atomic E-state index is 0.777. The van der Waals surface area contributed by atoms with E-state index < -0.39 is 0 Å². The standard InChI is InChI=1S/C20H20N6O/c1-13-16(11-23-25(13)2)17-10-21-19(26-12-22-24-20(17)26)7-6-14-4-3-5-18-15(14)8-9-27-18/h3-5,10-12H,6-9H2,1-2H3. The number of hydrogen-bond donors (Lipinski definition) is 0. The largest absolute Gasteiger partial charge is 0.493 e. The topological polar surface area (TPSA) is 70.1 Å². The average Bonchev–Trinajstić information content (AvgIpc) is 3.41. The predicted molar refractivity (Wildman–Crippen MR) is 101 cm³/mol. The van der Waals surface area contributed by atoms with Gasteiger partial charge < -0.3 is 4.74 Å². The van der Waals surface area contributed by atoms with Gasteiger partial charge >= 0.3 is 0 Å². The number of benzene rings is 1. The second-order valence-corrected chi connectivity index (χ2v) is 6.87. The molecule has 0 spiro atoms. The molecule has 27 heavy (non-hydrogen) atoms. The van der Waals surface area contributed by atoms with Crippen molar-refractivity contribution in [2.45, 2.75) is 26.2 Å². The molecule has 0 aliphatic carbocycles. The molecule has 136 valence electrons. The normalized spacial score (nSPS) is 13.1. The van der Waals surface area contributed by atoms with Crippen molar-refractivity contribution in [3.8, 4) is 16.9 Å². The van der Waals surface area contributed by atoms with Crippen molar-refractivity contribution in [1.82, 2.24) is 29.4 Å². The summed E-state index contributed by atoms with van der Waals surface area (Å²) in [6, 6.07) is 6.30. The fraction of sp³-hybridized carbons (Fsp3) is 0.300. The lowest BCUT2D eigenvalue weighted by Crippen LogP contribution is -2.05. The number of nitrogens with zero attached hydrogens (tertiary/aromatic N) is 6. The third-order valence-electron chi connectivity index (χ3n) is 5.39. The molecule has 4 aromatic rings. The molecule has 0 unspecified atom stereocenters. The van der Waals surface area contributed by atoms with Crippen LogP contribution < -0.4 is 4.74 Å². The zero-order valence-electron chi connectivity index (χ0n) is 15.4. The van der Waals surface area contributed by atoms with Gasteiger partial charge in [0, 0.05) is 48.5 Å². The number of aromatic nitrogens is 6. The zero-order valence-corrected chi connectivity index (χ0v) is 15.4. The first-order chi connectivity index (χ1) is 13.2. The Balaban J connectivity index is 1.49. The maximum absolute atomic E-state index is 5.68. The predicted octanol–water partition coefficient (Wildman–Crippen LogP) is 2.55. The van der Waals surface area contributed by atoms with Crippen LogP contribution in [-0.4, -0.2) is 36.0 Å². The molecule has 0 fully saturated rings. The fourth-order valence-corrected chi connectivity index (χ4v) is 3.78. The summed E-state index contributed by atoms with van der Waals surface area (Å²) in [4.78, 5) is 4.73. The fourth-order valence-electron chi connectivity index (χ4n) is 3.78. The van der Waals surface area contributed by atoms with Gasteiger partial charge in [-0.05, 0) is 25.0 Å². The van der Waals surface area contributed by atoms with Gasteiger partial charge in [0.05, 0.1) is 12.8 Å². The van der Waals surface area contributed by atoms with Crippen LogP contribution in [-0.2, 0) is 26.3 Å². The Morgan fingerprint density at radius 2 is 2.07 bits per heavy atom. The minimum Gasteiger partial charge on any atom is -0.493 e. The highest BCUT2D eigenvalue weighted by molar-refractivity contribution is 5.77. The van der Waals surface area contributed by atoms with Crippen LogP contribution in [0.25, 0.3) is 16.8 Å². The van der Waals surface area contributed by atoms with Crippen molar-refractivity contribution in [2.75, 3.05) is 6.61 Å². The van der Waals surface area contributed by atoms with Gasteiger partial charge in [-0.15, -0.1) is 10.2 Å². The van der Waals surface area contributed by atoms with Crippen molar-refractivity contribution in [2.24, 2.45) is 7.05 Å². The third-order valence-corrected chi connectivity index (χ3v) is 5.39. The summed E-state index contributed by atoms with van der Waals surface area (Å²) in [6.07, 6.45) is 8.21. The van der Waals surface area contributed by atoms with Crippen LogP contribution in [0.2, 0.25) is 0 Å². The Hall–Kier alpha value is -3.22. The molecule has 0 amide bonds. The molecule has 0 N–H and O–H groups in total. The van der Waals surface area contributed by atoms with Gasteiger partial charge in [0.2, 0.25) is 0 Å². The molecule has 1 aliphatic rings. The molecule has 0 atom stereocenters. The number of rotatable bonds is 4. The Morgan fingerprint density at radius 1 is 1.15 bits per heavy atom. The van der Waals surface area contributed by atoms with Crippen molar-refractivity contribution in [1.29, 1.82) is 0 Å². The Morgan fingerprint density at radius 3 is 2.93 bits per heavy atom. The highest BCUT2D eigenvalue weighted by atomic mass is 16.5. The van der Waals surface area contributed by atoms with E-state index in [0.29, 0.717) is 0 Å². The summed E-state index contributed by atoms with van der Waals surface area (Å²) in [5.41, 5.74) is 6.55. The summed E-state index contributed by atoms with van der Waals surface area (Å²) in [6.45, 7) is 2.82. The molecular weight excluding hydrogens is 340 g/mol. The van der Waals surface area contributed by atoms with Gasteiger partial charge in [-0.2, -0.15) is 5.10 Å². The SMILES string of the molecule is Cc1c(-c2cnc(CCc3cccc4c3CCO4)n3cnnc23)cnn1C. The highest BCUT2D eigenvalue weighted by Gasteiger charge is 2.18. The monoisotopic (exact) mass is 360 g/mol. The molecule has 4 heterocycles. The Labute approximate surface area is 156 Å². The molecular formula is C20H20N6O. The van der Waals surface area contributed by atoms with E-state index in [2.05, 4.69) is 27.4 Å². The minimum atomic E-state index is 0.777. The van der Waals surface area contributed by atoms with E-state index in [1.807, 2.05) is 41.5 Å². The first-order valence-electron chi connectivity index (χ1n) is 9.12. The summed E-state index contributed by atoms with van der Waals surface area (Å²) >= 11 is 0. The van der Waals surface area contributed by atoms with Gasteiger partial charge in [-0.3, -0.25) is 9.08 Å². The second-order valence-electron chi connectivity index (χ2n) is 6.87. The van der Waals surface area contributed by atoms with Crippen LogP contribution in [0, 0.1) is 6.92 Å². The number of aryl methyl sites for hydroxylation is 3. The maximum Gasteiger partial charge on any atom is 0.171 e. The van der Waals surface area contributed by atoms with Crippen molar-refractivity contribution < 1.29 is 4.74 Å². The number of ether oxygens (including phenoxy) is 1. The summed E-state index contributed by atoms with van der Waals surface area (Å²) in [7, 11) is 1.93. The zero-order chi connectivity index (χ0) is 18.4. The lowest BCUT2D eigenvalue weighted by molar-refractivity contribution is 0.357. The van der Waals surface area contributed by atoms with Crippen LogP contribution in [0.5, 0.6) is 5.75 Å². The lowest BCUT2D eigenvalue weighted by atomic mass is 10.0. The van der Waals surface area contributed by atoms with Crippen LogP contribution in [0.3, 0.4) is 0 Å². The Bertz CT molecular complexity index is 1140. The quantitative estimate of drug-likeness (QED) is 0.559. The number of fused-ring (bicyclic) bond motifs is 2. The molecule has 0 bridgehead atoms. The first-order valence-corrected chi connectivity index (χ1v) is 9.12. The molecule has 1 aliphatic heterocycles. The Kier molecular flexibility index (Phi) is 3.67. The van der Waals surface area contributed by atoms with Crippen molar-refractivity contribution >= 4 is 5.65 Å². The lowest BCUT2D eigenvalue weighted by Gasteiger charge is -2.09. The molecule has 1 aromatic carbocycles. The van der Waals surface area contributed by atoms with Gasteiger partial charge in [0.25, 0.3) is 0 Å². The molecule has 0 saturated heterocycles. The van der Waals surface area contributed by atoms with Crippen LogP contribution in [0.1, 0.15) is 22.6 Å². The van der Waals surface area contributed by atoms with Crippen molar-refractivity contribution in [3.05, 3.63) is 59.6 Å². The average molecular weight is 360 g/mol. The van der Waals surface area contributed by atoms with E-state index in [-0.39, 0.29) is 0 Å². The van der Waals surface area contributed by atoms with E-state index in [0.717, 1.165) is 59.9 Å². The smallest absolute Gasteiger partial charge is 0.171 e. The highest BCUT2D eigenvalue weighted by Crippen LogP contribution is 2.29. The van der Waals surface area contributed by atoms with Crippen LogP contribution in [0.15, 0.2) is 36.9 Å². The summed E-state index contributed by atoms with van der Waals surface area (Å²) < 4.78 is 9.52. The first kappa shape index (κ1) is 16.0. The molecule has 0 saturated carbocycles. The molecule has 7 nitrogen and oxygen atoms in total. The summed E-state index contributed by atoms with van der Waals surface area (Å²) in [5.74, 6) is 1.98. The molecule has 0 radical (unpaired) electrons. The maximum atomic E-state index is 5.68. The molecule has 7 heteroatoms. The third kappa shape index (κ3) is 2.58. The molecule has 5 rings (SSSR count). The van der Waals surface area contributed by atoms with Gasteiger partial charge in [-0.25, -0.2) is 4.98 Å². The number of hydrogen-bond acceptors (Lipinski definition) is 5. The van der Waals surface area contributed by atoms with Gasteiger partial charge in [0.1, 0.15) is 17.9 Å². The second kappa shape index (κ2) is 6.19. The van der Waals surface area contributed by atoms with Crippen molar-refractivity contribution in [3.63, 3.8) is 0 Å². The van der Waals surface area contributed by atoms with Gasteiger partial charge in [0.15, 0.2) is 5.65 Å². The molecule has 3 aromatic heterocycles. The van der Waals surface area contributed by atoms with E-state index >= 15 is 0 Å². The van der Waals surface area contributed by atoms with E-state index in [1.54, 1.807) is 6.33 Å². The van der Waals surface area contributed by atoms with Gasteiger partial charge in [-0.1, -0.05) is 12.1 Å². The van der Waals surface area contributed by atoms with E-state index in [1.165, 1.54) is 11.1 Å². The van der Waals surface area contributed by atoms with E-state index in [9.17, 15) is 0 Å². The van der Waals surface area contributed by atoms with Crippen LogP contribution >= 0.6 is 0 Å².